The average molecular weight is 223 g/mol. The fourth-order valence-electron chi connectivity index (χ4n) is 1.10. The molecule has 1 aromatic heterocycles. The number of rotatable bonds is 4. The SMILES string of the molecule is C#CCCCNC(=O)c1sc(N)nc1C. The normalized spacial score (nSPS) is 9.60. The molecule has 0 spiro atoms. The quantitative estimate of drug-likeness (QED) is 0.595. The van der Waals surface area contributed by atoms with Crippen molar-refractivity contribution in [3.05, 3.63) is 10.6 Å². The number of nitrogens with two attached hydrogens (primary N) is 1. The van der Waals surface area contributed by atoms with E-state index in [9.17, 15) is 4.79 Å². The Morgan fingerprint density at radius 1 is 1.73 bits per heavy atom. The van der Waals surface area contributed by atoms with Crippen molar-refractivity contribution in [2.75, 3.05) is 12.3 Å². The lowest BCUT2D eigenvalue weighted by atomic mass is 10.3. The molecule has 0 saturated heterocycles. The van der Waals surface area contributed by atoms with E-state index in [4.69, 9.17) is 12.2 Å². The molecule has 0 unspecified atom stereocenters. The van der Waals surface area contributed by atoms with Gasteiger partial charge in [0.2, 0.25) is 0 Å². The standard InChI is InChI=1S/C10H13N3OS/c1-3-4-5-6-12-9(14)8-7(2)13-10(11)15-8/h1H,4-6H2,2H3,(H2,11,13)(H,12,14). The van der Waals surface area contributed by atoms with E-state index in [1.807, 2.05) is 0 Å². The molecule has 80 valence electrons. The maximum Gasteiger partial charge on any atom is 0.263 e. The van der Waals surface area contributed by atoms with Crippen molar-refractivity contribution in [2.24, 2.45) is 0 Å². The number of amides is 1. The summed E-state index contributed by atoms with van der Waals surface area (Å²) in [4.78, 5) is 16.2. The van der Waals surface area contributed by atoms with Crippen LogP contribution in [0.2, 0.25) is 0 Å². The van der Waals surface area contributed by atoms with Crippen molar-refractivity contribution in [1.29, 1.82) is 0 Å². The van der Waals surface area contributed by atoms with Crippen LogP contribution in [-0.4, -0.2) is 17.4 Å². The highest BCUT2D eigenvalue weighted by Gasteiger charge is 2.12. The maximum absolute atomic E-state index is 11.6. The van der Waals surface area contributed by atoms with Gasteiger partial charge >= 0.3 is 0 Å². The summed E-state index contributed by atoms with van der Waals surface area (Å²) in [5.41, 5.74) is 6.17. The molecular formula is C10H13N3OS. The van der Waals surface area contributed by atoms with Crippen LogP contribution in [0.4, 0.5) is 5.13 Å². The van der Waals surface area contributed by atoms with Gasteiger partial charge in [0.25, 0.3) is 5.91 Å². The third kappa shape index (κ3) is 3.26. The number of aryl methyl sites for hydroxylation is 1. The molecule has 0 aliphatic rings. The number of thiazole rings is 1. The van der Waals surface area contributed by atoms with Crippen molar-refractivity contribution in [3.8, 4) is 12.3 Å². The predicted molar refractivity (Wildman–Crippen MR) is 61.7 cm³/mol. The van der Waals surface area contributed by atoms with Crippen LogP contribution in [0, 0.1) is 19.3 Å². The molecule has 0 radical (unpaired) electrons. The number of nitrogens with zero attached hydrogens (tertiary/aromatic N) is 1. The Morgan fingerprint density at radius 3 is 3.00 bits per heavy atom. The summed E-state index contributed by atoms with van der Waals surface area (Å²) in [5.74, 6) is 2.39. The molecule has 0 aliphatic heterocycles. The van der Waals surface area contributed by atoms with E-state index in [2.05, 4.69) is 16.2 Å². The summed E-state index contributed by atoms with van der Waals surface area (Å²) in [6.07, 6.45) is 6.55. The topological polar surface area (TPSA) is 68.0 Å². The zero-order chi connectivity index (χ0) is 11.3. The molecule has 1 heterocycles. The number of anilines is 1. The number of carbonyl (C=O) groups excluding carboxylic acids is 1. The number of carbonyl (C=O) groups is 1. The van der Waals surface area contributed by atoms with Crippen LogP contribution in [0.5, 0.6) is 0 Å². The summed E-state index contributed by atoms with van der Waals surface area (Å²) in [6, 6.07) is 0. The van der Waals surface area contributed by atoms with E-state index in [1.54, 1.807) is 6.92 Å². The van der Waals surface area contributed by atoms with Gasteiger partial charge in [0, 0.05) is 13.0 Å². The van der Waals surface area contributed by atoms with Gasteiger partial charge in [-0.3, -0.25) is 4.79 Å². The molecule has 0 saturated carbocycles. The first kappa shape index (κ1) is 11.5. The summed E-state index contributed by atoms with van der Waals surface area (Å²) >= 11 is 1.20. The zero-order valence-electron chi connectivity index (χ0n) is 8.54. The van der Waals surface area contributed by atoms with E-state index >= 15 is 0 Å². The van der Waals surface area contributed by atoms with Crippen molar-refractivity contribution >= 4 is 22.4 Å². The molecule has 5 heteroatoms. The molecule has 1 aromatic rings. The van der Waals surface area contributed by atoms with Gasteiger partial charge in [0.15, 0.2) is 5.13 Å². The molecule has 3 N–H and O–H groups in total. The first-order valence-electron chi connectivity index (χ1n) is 4.59. The number of hydrogen-bond donors (Lipinski definition) is 2. The van der Waals surface area contributed by atoms with Crippen LogP contribution in [0.1, 0.15) is 28.2 Å². The van der Waals surface area contributed by atoms with Crippen molar-refractivity contribution in [3.63, 3.8) is 0 Å². The van der Waals surface area contributed by atoms with Crippen LogP contribution >= 0.6 is 11.3 Å². The van der Waals surface area contributed by atoms with Gasteiger partial charge in [-0.15, -0.1) is 12.3 Å². The van der Waals surface area contributed by atoms with E-state index in [1.165, 1.54) is 11.3 Å². The van der Waals surface area contributed by atoms with E-state index < -0.39 is 0 Å². The van der Waals surface area contributed by atoms with Crippen LogP contribution in [0.3, 0.4) is 0 Å². The van der Waals surface area contributed by atoms with Crippen LogP contribution in [-0.2, 0) is 0 Å². The number of unbranched alkanes of at least 4 members (excludes halogenated alkanes) is 1. The van der Waals surface area contributed by atoms with Crippen LogP contribution in [0.25, 0.3) is 0 Å². The third-order valence-electron chi connectivity index (χ3n) is 1.80. The molecule has 1 amide bonds. The lowest BCUT2D eigenvalue weighted by Gasteiger charge is -2.01. The van der Waals surface area contributed by atoms with Gasteiger partial charge in [-0.05, 0) is 13.3 Å². The monoisotopic (exact) mass is 223 g/mol. The molecule has 0 bridgehead atoms. The Bertz CT molecular complexity index is 392. The fourth-order valence-corrected chi connectivity index (χ4v) is 1.85. The number of terminal acetylenes is 1. The molecule has 0 atom stereocenters. The van der Waals surface area contributed by atoms with E-state index in [0.717, 1.165) is 6.42 Å². The summed E-state index contributed by atoms with van der Waals surface area (Å²) < 4.78 is 0. The first-order valence-corrected chi connectivity index (χ1v) is 5.41. The van der Waals surface area contributed by atoms with Gasteiger partial charge in [-0.1, -0.05) is 11.3 Å². The number of aromatic nitrogens is 1. The molecular weight excluding hydrogens is 210 g/mol. The zero-order valence-corrected chi connectivity index (χ0v) is 9.36. The highest BCUT2D eigenvalue weighted by Crippen LogP contribution is 2.19. The molecule has 0 aromatic carbocycles. The largest absolute Gasteiger partial charge is 0.375 e. The van der Waals surface area contributed by atoms with Gasteiger partial charge < -0.3 is 11.1 Å². The molecule has 4 nitrogen and oxygen atoms in total. The molecule has 15 heavy (non-hydrogen) atoms. The maximum atomic E-state index is 11.6. The lowest BCUT2D eigenvalue weighted by Crippen LogP contribution is -2.24. The highest BCUT2D eigenvalue weighted by molar-refractivity contribution is 7.17. The summed E-state index contributed by atoms with van der Waals surface area (Å²) in [6.45, 7) is 2.35. The Kier molecular flexibility index (Phi) is 4.13. The predicted octanol–water partition coefficient (Wildman–Crippen LogP) is 1.18. The van der Waals surface area contributed by atoms with Gasteiger partial charge in [0.1, 0.15) is 4.88 Å². The summed E-state index contributed by atoms with van der Waals surface area (Å²) in [5, 5.41) is 3.19. The second-order valence-corrected chi connectivity index (χ2v) is 4.06. The lowest BCUT2D eigenvalue weighted by molar-refractivity contribution is 0.0956. The van der Waals surface area contributed by atoms with Crippen molar-refractivity contribution in [2.45, 2.75) is 19.8 Å². The minimum atomic E-state index is -0.126. The Labute approximate surface area is 92.9 Å². The van der Waals surface area contributed by atoms with Gasteiger partial charge in [-0.25, -0.2) is 4.98 Å². The second kappa shape index (κ2) is 5.37. The summed E-state index contributed by atoms with van der Waals surface area (Å²) in [7, 11) is 0. The Balaban J connectivity index is 2.48. The Morgan fingerprint density at radius 2 is 2.47 bits per heavy atom. The molecule has 1 rings (SSSR count). The average Bonchev–Trinajstić information content (AvgIpc) is 2.52. The van der Waals surface area contributed by atoms with Crippen molar-refractivity contribution < 1.29 is 4.79 Å². The van der Waals surface area contributed by atoms with E-state index in [0.29, 0.717) is 28.7 Å². The minimum absolute atomic E-state index is 0.126. The number of nitrogens with one attached hydrogen (secondary N) is 1. The second-order valence-electron chi connectivity index (χ2n) is 3.03. The first-order chi connectivity index (χ1) is 7.15. The van der Waals surface area contributed by atoms with Gasteiger partial charge in [0.05, 0.1) is 5.69 Å². The smallest absolute Gasteiger partial charge is 0.263 e. The van der Waals surface area contributed by atoms with E-state index in [-0.39, 0.29) is 5.91 Å². The molecule has 0 aliphatic carbocycles. The van der Waals surface area contributed by atoms with Gasteiger partial charge in [-0.2, -0.15) is 0 Å². The highest BCUT2D eigenvalue weighted by atomic mass is 32.1. The van der Waals surface area contributed by atoms with Crippen LogP contribution in [0.15, 0.2) is 0 Å². The number of hydrogen-bond acceptors (Lipinski definition) is 4. The fraction of sp³-hybridized carbons (Fsp3) is 0.400. The number of nitrogen functional groups attached to an aromatic ring is 1. The minimum Gasteiger partial charge on any atom is -0.375 e. The van der Waals surface area contributed by atoms with Crippen LogP contribution < -0.4 is 11.1 Å². The Hall–Kier alpha value is -1.54. The molecule has 0 fully saturated rings. The van der Waals surface area contributed by atoms with Crippen molar-refractivity contribution in [1.82, 2.24) is 10.3 Å². The third-order valence-corrected chi connectivity index (χ3v) is 2.79.